The first-order chi connectivity index (χ1) is 16.9. The van der Waals surface area contributed by atoms with Gasteiger partial charge >= 0.3 is 0 Å². The molecule has 4 aromatic heterocycles. The van der Waals surface area contributed by atoms with Crippen LogP contribution < -0.4 is 10.6 Å². The van der Waals surface area contributed by atoms with E-state index in [4.69, 9.17) is 20.1 Å². The highest BCUT2D eigenvalue weighted by atomic mass is 19.1. The van der Waals surface area contributed by atoms with Gasteiger partial charge in [0.15, 0.2) is 5.65 Å². The predicted molar refractivity (Wildman–Crippen MR) is 132 cm³/mol. The summed E-state index contributed by atoms with van der Waals surface area (Å²) in [6, 6.07) is 10.2. The molecule has 0 radical (unpaired) electrons. The first-order valence-electron chi connectivity index (χ1n) is 11.0. The molecule has 0 saturated carbocycles. The number of methoxy groups -OCH3 is 1. The third-order valence-corrected chi connectivity index (χ3v) is 6.34. The maximum atomic E-state index is 14.2. The standard InChI is InChI=1S/C26H21FN6O2/c1-12-23(13(2)35-32-12)19-10-21-18(11-22(19)34-4)24-25(30-14(3)31-26(24)33(21)28)16-7-8-29-20-6-5-15(27)9-17(16)20/h5-11H,28H2,1-4H3. The number of rotatable bonds is 3. The van der Waals surface area contributed by atoms with Crippen molar-refractivity contribution in [2.24, 2.45) is 0 Å². The fourth-order valence-corrected chi connectivity index (χ4v) is 4.81. The van der Waals surface area contributed by atoms with Gasteiger partial charge in [-0.1, -0.05) is 5.16 Å². The van der Waals surface area contributed by atoms with Crippen molar-refractivity contribution in [1.82, 2.24) is 24.8 Å². The van der Waals surface area contributed by atoms with Crippen LogP contribution in [-0.2, 0) is 0 Å². The van der Waals surface area contributed by atoms with Crippen molar-refractivity contribution < 1.29 is 13.7 Å². The number of ether oxygens (including phenoxy) is 1. The predicted octanol–water partition coefficient (Wildman–Crippen LogP) is 5.24. The monoisotopic (exact) mass is 468 g/mol. The molecule has 0 aliphatic rings. The zero-order valence-corrected chi connectivity index (χ0v) is 19.5. The number of fused-ring (bicyclic) bond motifs is 4. The van der Waals surface area contributed by atoms with Crippen molar-refractivity contribution >= 4 is 32.8 Å². The number of hydrogen-bond acceptors (Lipinski definition) is 7. The van der Waals surface area contributed by atoms with Crippen LogP contribution >= 0.6 is 0 Å². The van der Waals surface area contributed by atoms with E-state index in [0.29, 0.717) is 39.6 Å². The van der Waals surface area contributed by atoms with E-state index < -0.39 is 0 Å². The number of halogens is 1. The average Bonchev–Trinajstić information content (AvgIpc) is 3.32. The van der Waals surface area contributed by atoms with Crippen molar-refractivity contribution in [3.05, 3.63) is 65.7 Å². The summed E-state index contributed by atoms with van der Waals surface area (Å²) in [6.07, 6.45) is 1.69. The van der Waals surface area contributed by atoms with Crippen LogP contribution in [0.1, 0.15) is 17.3 Å². The molecule has 0 aliphatic heterocycles. The number of nitrogens with zero attached hydrogens (tertiary/aromatic N) is 5. The molecular formula is C26H21FN6O2. The quantitative estimate of drug-likeness (QED) is 0.354. The van der Waals surface area contributed by atoms with E-state index in [1.807, 2.05) is 32.0 Å². The van der Waals surface area contributed by atoms with E-state index in [2.05, 4.69) is 15.1 Å². The number of aromatic nitrogens is 5. The number of hydrogen-bond donors (Lipinski definition) is 1. The van der Waals surface area contributed by atoms with Crippen molar-refractivity contribution in [3.8, 4) is 28.1 Å². The van der Waals surface area contributed by atoms with Gasteiger partial charge in [0.05, 0.1) is 40.5 Å². The lowest BCUT2D eigenvalue weighted by Gasteiger charge is -2.10. The van der Waals surface area contributed by atoms with Crippen LogP contribution in [0, 0.1) is 26.6 Å². The van der Waals surface area contributed by atoms with Crippen molar-refractivity contribution in [1.29, 1.82) is 0 Å². The van der Waals surface area contributed by atoms with Gasteiger partial charge in [0.25, 0.3) is 0 Å². The van der Waals surface area contributed by atoms with Crippen molar-refractivity contribution in [2.45, 2.75) is 20.8 Å². The number of nitrogens with two attached hydrogens (primary N) is 1. The summed E-state index contributed by atoms with van der Waals surface area (Å²) in [5.74, 6) is 8.11. The van der Waals surface area contributed by atoms with Gasteiger partial charge in [-0.3, -0.25) is 4.98 Å². The molecule has 35 heavy (non-hydrogen) atoms. The highest BCUT2D eigenvalue weighted by Gasteiger charge is 2.23. The van der Waals surface area contributed by atoms with E-state index >= 15 is 0 Å². The molecule has 2 aromatic carbocycles. The van der Waals surface area contributed by atoms with Gasteiger partial charge in [-0.15, -0.1) is 0 Å². The maximum absolute atomic E-state index is 14.2. The number of benzene rings is 2. The smallest absolute Gasteiger partial charge is 0.163 e. The van der Waals surface area contributed by atoms with Crippen molar-refractivity contribution in [2.75, 3.05) is 13.0 Å². The average molecular weight is 468 g/mol. The summed E-state index contributed by atoms with van der Waals surface area (Å²) >= 11 is 0. The number of nitrogen functional groups attached to an aromatic ring is 1. The Hall–Kier alpha value is -4.53. The molecule has 0 spiro atoms. The lowest BCUT2D eigenvalue weighted by atomic mass is 9.99. The molecule has 4 heterocycles. The van der Waals surface area contributed by atoms with Crippen LogP contribution in [0.25, 0.3) is 55.2 Å². The van der Waals surface area contributed by atoms with Gasteiger partial charge in [-0.25, -0.2) is 19.0 Å². The molecular weight excluding hydrogens is 447 g/mol. The molecule has 9 heteroatoms. The Morgan fingerprint density at radius 1 is 1.00 bits per heavy atom. The SMILES string of the molecule is COc1cc2c3c(-c4ccnc5ccc(F)cc45)nc(C)nc3n(N)c2cc1-c1c(C)noc1C. The largest absolute Gasteiger partial charge is 0.496 e. The molecule has 0 bridgehead atoms. The third kappa shape index (κ3) is 3.04. The normalized spacial score (nSPS) is 11.7. The lowest BCUT2D eigenvalue weighted by Crippen LogP contribution is -2.09. The highest BCUT2D eigenvalue weighted by Crippen LogP contribution is 2.42. The maximum Gasteiger partial charge on any atom is 0.163 e. The molecule has 0 saturated heterocycles. The zero-order chi connectivity index (χ0) is 24.4. The topological polar surface area (TPSA) is 105 Å². The van der Waals surface area contributed by atoms with Gasteiger partial charge in [0, 0.05) is 28.1 Å². The van der Waals surface area contributed by atoms with Crippen LogP contribution in [0.3, 0.4) is 0 Å². The second-order valence-corrected chi connectivity index (χ2v) is 8.48. The van der Waals surface area contributed by atoms with Crippen LogP contribution in [0.5, 0.6) is 5.75 Å². The molecule has 0 amide bonds. The lowest BCUT2D eigenvalue weighted by molar-refractivity contribution is 0.393. The first-order valence-corrected chi connectivity index (χ1v) is 11.0. The van der Waals surface area contributed by atoms with Gasteiger partial charge < -0.3 is 15.1 Å². The zero-order valence-electron chi connectivity index (χ0n) is 19.5. The fraction of sp³-hybridized carbons (Fsp3) is 0.154. The fourth-order valence-electron chi connectivity index (χ4n) is 4.81. The van der Waals surface area contributed by atoms with E-state index in [-0.39, 0.29) is 5.82 Å². The summed E-state index contributed by atoms with van der Waals surface area (Å²) in [7, 11) is 1.62. The summed E-state index contributed by atoms with van der Waals surface area (Å²) in [5.41, 5.74) is 5.77. The highest BCUT2D eigenvalue weighted by molar-refractivity contribution is 6.16. The summed E-state index contributed by atoms with van der Waals surface area (Å²) < 4.78 is 26.9. The molecule has 8 nitrogen and oxygen atoms in total. The Balaban J connectivity index is 1.75. The van der Waals surface area contributed by atoms with E-state index in [1.54, 1.807) is 31.0 Å². The Labute approximate surface area is 199 Å². The van der Waals surface area contributed by atoms with Gasteiger partial charge in [0.1, 0.15) is 23.2 Å². The van der Waals surface area contributed by atoms with Crippen LogP contribution in [0.4, 0.5) is 4.39 Å². The van der Waals surface area contributed by atoms with Gasteiger partial charge in [-0.05, 0) is 57.2 Å². The Morgan fingerprint density at radius 3 is 2.57 bits per heavy atom. The van der Waals surface area contributed by atoms with Crippen molar-refractivity contribution in [3.63, 3.8) is 0 Å². The molecule has 6 rings (SSSR count). The van der Waals surface area contributed by atoms with Gasteiger partial charge in [0.2, 0.25) is 0 Å². The summed E-state index contributed by atoms with van der Waals surface area (Å²) in [5, 5.41) is 6.30. The number of pyridine rings is 1. The molecule has 0 atom stereocenters. The van der Waals surface area contributed by atoms with E-state index in [9.17, 15) is 4.39 Å². The first kappa shape index (κ1) is 21.0. The minimum atomic E-state index is -0.346. The molecule has 2 N–H and O–H groups in total. The third-order valence-electron chi connectivity index (χ3n) is 6.34. The Bertz CT molecular complexity index is 1780. The molecule has 0 fully saturated rings. The molecule has 0 unspecified atom stereocenters. The second kappa shape index (κ2) is 7.49. The van der Waals surface area contributed by atoms with Crippen LogP contribution in [0.15, 0.2) is 47.1 Å². The van der Waals surface area contributed by atoms with Gasteiger partial charge in [-0.2, -0.15) is 0 Å². The van der Waals surface area contributed by atoms with Crippen LogP contribution in [0.2, 0.25) is 0 Å². The molecule has 6 aromatic rings. The number of aryl methyl sites for hydroxylation is 3. The summed E-state index contributed by atoms with van der Waals surface area (Å²) in [6.45, 7) is 5.55. The Kier molecular flexibility index (Phi) is 4.50. The molecule has 0 aliphatic carbocycles. The van der Waals surface area contributed by atoms with E-state index in [1.165, 1.54) is 12.1 Å². The Morgan fingerprint density at radius 2 is 1.83 bits per heavy atom. The second-order valence-electron chi connectivity index (χ2n) is 8.48. The molecule has 174 valence electrons. The van der Waals surface area contributed by atoms with E-state index in [0.717, 1.165) is 38.7 Å². The minimum Gasteiger partial charge on any atom is -0.496 e. The van der Waals surface area contributed by atoms with Crippen LogP contribution in [-0.4, -0.2) is 31.9 Å². The minimum absolute atomic E-state index is 0.346. The summed E-state index contributed by atoms with van der Waals surface area (Å²) in [4.78, 5) is 13.8.